The van der Waals surface area contributed by atoms with Gasteiger partial charge in [-0.25, -0.2) is 4.79 Å². The minimum absolute atomic E-state index is 0.0637. The third-order valence-electron chi connectivity index (χ3n) is 10.1. The average molecular weight is 561 g/mol. The molecule has 3 aliphatic rings. The van der Waals surface area contributed by atoms with Crippen LogP contribution < -0.4 is 0 Å². The van der Waals surface area contributed by atoms with E-state index in [4.69, 9.17) is 14.2 Å². The van der Waals surface area contributed by atoms with E-state index >= 15 is 0 Å². The summed E-state index contributed by atoms with van der Waals surface area (Å²) < 4.78 is 17.2. The monoisotopic (exact) mass is 560 g/mol. The summed E-state index contributed by atoms with van der Waals surface area (Å²) in [6, 6.07) is 0. The van der Waals surface area contributed by atoms with Crippen molar-refractivity contribution in [1.29, 1.82) is 0 Å². The molecule has 3 saturated carbocycles. The maximum atomic E-state index is 12.9. The summed E-state index contributed by atoms with van der Waals surface area (Å²) >= 11 is 0. The number of esters is 2. The average Bonchev–Trinajstić information content (AvgIpc) is 2.99. The highest BCUT2D eigenvalue weighted by molar-refractivity contribution is 5.81. The standard InChI is InChI=1S/C35H60O5/c1-3-5-10-13-28-14-16-29(17-15-28)30-18-24-33(25-19-30)40-35(37)31-20-22-32(23-21-31)38-26-11-8-6-7-9-12-27-39-34(36)4-2/h4,28-33H,2-3,5-27H2,1H3. The van der Waals surface area contributed by atoms with Gasteiger partial charge in [0, 0.05) is 12.7 Å². The molecule has 0 atom stereocenters. The molecule has 0 spiro atoms. The van der Waals surface area contributed by atoms with Crippen LogP contribution in [0.4, 0.5) is 0 Å². The third-order valence-corrected chi connectivity index (χ3v) is 10.1. The smallest absolute Gasteiger partial charge is 0.330 e. The van der Waals surface area contributed by atoms with Gasteiger partial charge in [0.2, 0.25) is 0 Å². The van der Waals surface area contributed by atoms with Gasteiger partial charge in [0.15, 0.2) is 0 Å². The zero-order valence-corrected chi connectivity index (χ0v) is 25.8. The first-order chi connectivity index (χ1) is 19.6. The Morgan fingerprint density at radius 3 is 1.88 bits per heavy atom. The molecule has 3 fully saturated rings. The lowest BCUT2D eigenvalue weighted by Crippen LogP contribution is -2.33. The molecule has 40 heavy (non-hydrogen) atoms. The van der Waals surface area contributed by atoms with Gasteiger partial charge in [-0.3, -0.25) is 4.79 Å². The molecule has 0 saturated heterocycles. The van der Waals surface area contributed by atoms with E-state index in [1.54, 1.807) is 0 Å². The molecule has 3 rings (SSSR count). The van der Waals surface area contributed by atoms with Crippen LogP contribution >= 0.6 is 0 Å². The first-order valence-electron chi connectivity index (χ1n) is 17.2. The number of unbranched alkanes of at least 4 members (excludes halogenated alkanes) is 7. The molecule has 5 heteroatoms. The Morgan fingerprint density at radius 1 is 0.675 bits per heavy atom. The van der Waals surface area contributed by atoms with Crippen molar-refractivity contribution < 1.29 is 23.8 Å². The lowest BCUT2D eigenvalue weighted by Gasteiger charge is -2.38. The molecule has 0 amide bonds. The first kappa shape index (κ1) is 33.1. The summed E-state index contributed by atoms with van der Waals surface area (Å²) in [6.45, 7) is 7.01. The van der Waals surface area contributed by atoms with Gasteiger partial charge in [0.25, 0.3) is 0 Å². The number of ether oxygens (including phenoxy) is 3. The van der Waals surface area contributed by atoms with Crippen molar-refractivity contribution in [2.75, 3.05) is 13.2 Å². The molecule has 0 aromatic heterocycles. The van der Waals surface area contributed by atoms with Gasteiger partial charge >= 0.3 is 11.9 Å². The third kappa shape index (κ3) is 12.7. The number of rotatable bonds is 18. The summed E-state index contributed by atoms with van der Waals surface area (Å²) in [6.07, 6.45) is 28.2. The van der Waals surface area contributed by atoms with E-state index in [9.17, 15) is 9.59 Å². The molecule has 0 heterocycles. The van der Waals surface area contributed by atoms with Gasteiger partial charge in [-0.15, -0.1) is 0 Å². The zero-order valence-electron chi connectivity index (χ0n) is 25.8. The van der Waals surface area contributed by atoms with Crippen molar-refractivity contribution in [2.45, 2.75) is 160 Å². The predicted octanol–water partition coefficient (Wildman–Crippen LogP) is 9.12. The summed E-state index contributed by atoms with van der Waals surface area (Å²) in [4.78, 5) is 23.9. The minimum Gasteiger partial charge on any atom is -0.463 e. The maximum absolute atomic E-state index is 12.9. The van der Waals surface area contributed by atoms with Crippen LogP contribution in [0.2, 0.25) is 0 Å². The van der Waals surface area contributed by atoms with Gasteiger partial charge in [-0.05, 0) is 94.8 Å². The molecule has 0 aromatic rings. The number of carbonyl (C=O) groups excluding carboxylic acids is 2. The molecule has 5 nitrogen and oxygen atoms in total. The molecule has 0 unspecified atom stereocenters. The highest BCUT2D eigenvalue weighted by atomic mass is 16.5. The second kappa shape index (κ2) is 19.7. The Kier molecular flexibility index (Phi) is 16.3. The molecular formula is C35H60O5. The molecule has 3 aliphatic carbocycles. The number of hydrogen-bond acceptors (Lipinski definition) is 5. The summed E-state index contributed by atoms with van der Waals surface area (Å²) in [5.74, 6) is 2.59. The van der Waals surface area contributed by atoms with Crippen molar-refractivity contribution in [2.24, 2.45) is 23.7 Å². The van der Waals surface area contributed by atoms with Gasteiger partial charge in [-0.2, -0.15) is 0 Å². The highest BCUT2D eigenvalue weighted by Gasteiger charge is 2.34. The van der Waals surface area contributed by atoms with Crippen molar-refractivity contribution >= 4 is 11.9 Å². The van der Waals surface area contributed by atoms with Crippen LogP contribution in [0.5, 0.6) is 0 Å². The number of hydrogen-bond donors (Lipinski definition) is 0. The Bertz CT molecular complexity index is 697. The second-order valence-corrected chi connectivity index (χ2v) is 13.1. The van der Waals surface area contributed by atoms with Crippen LogP contribution in [0, 0.1) is 23.7 Å². The maximum Gasteiger partial charge on any atom is 0.330 e. The fourth-order valence-corrected chi connectivity index (χ4v) is 7.43. The Balaban J connectivity index is 1.16. The summed E-state index contributed by atoms with van der Waals surface area (Å²) in [5.41, 5.74) is 0. The lowest BCUT2D eigenvalue weighted by molar-refractivity contribution is -0.158. The Morgan fingerprint density at radius 2 is 1.25 bits per heavy atom. The molecular weight excluding hydrogens is 500 g/mol. The van der Waals surface area contributed by atoms with Crippen LogP contribution in [-0.2, 0) is 23.8 Å². The minimum atomic E-state index is -0.333. The lowest BCUT2D eigenvalue weighted by atomic mass is 9.70. The second-order valence-electron chi connectivity index (χ2n) is 13.1. The van der Waals surface area contributed by atoms with E-state index in [2.05, 4.69) is 13.5 Å². The largest absolute Gasteiger partial charge is 0.463 e. The fraction of sp³-hybridized carbons (Fsp3) is 0.886. The van der Waals surface area contributed by atoms with Crippen LogP contribution in [0.1, 0.15) is 148 Å². The molecule has 0 radical (unpaired) electrons. The van der Waals surface area contributed by atoms with E-state index in [0.29, 0.717) is 12.7 Å². The first-order valence-corrected chi connectivity index (χ1v) is 17.2. The van der Waals surface area contributed by atoms with Crippen molar-refractivity contribution in [3.05, 3.63) is 12.7 Å². The summed E-state index contributed by atoms with van der Waals surface area (Å²) in [7, 11) is 0. The van der Waals surface area contributed by atoms with E-state index < -0.39 is 0 Å². The van der Waals surface area contributed by atoms with Crippen molar-refractivity contribution in [3.63, 3.8) is 0 Å². The van der Waals surface area contributed by atoms with E-state index in [1.165, 1.54) is 89.5 Å². The van der Waals surface area contributed by atoms with Crippen LogP contribution in [-0.4, -0.2) is 37.4 Å². The van der Waals surface area contributed by atoms with Crippen molar-refractivity contribution in [3.8, 4) is 0 Å². The quantitative estimate of drug-likeness (QED) is 0.0950. The van der Waals surface area contributed by atoms with Crippen LogP contribution in [0.25, 0.3) is 0 Å². The molecule has 0 aromatic carbocycles. The van der Waals surface area contributed by atoms with E-state index in [0.717, 1.165) is 82.1 Å². The Labute approximate surface area is 245 Å². The fourth-order valence-electron chi connectivity index (χ4n) is 7.43. The van der Waals surface area contributed by atoms with E-state index in [-0.39, 0.29) is 24.0 Å². The molecule has 0 N–H and O–H groups in total. The van der Waals surface area contributed by atoms with Gasteiger partial charge < -0.3 is 14.2 Å². The summed E-state index contributed by atoms with van der Waals surface area (Å²) in [5, 5.41) is 0. The van der Waals surface area contributed by atoms with Crippen molar-refractivity contribution in [1.82, 2.24) is 0 Å². The van der Waals surface area contributed by atoms with Gasteiger partial charge in [0.05, 0.1) is 18.6 Å². The zero-order chi connectivity index (χ0) is 28.4. The topological polar surface area (TPSA) is 61.8 Å². The van der Waals surface area contributed by atoms with Crippen LogP contribution in [0.15, 0.2) is 12.7 Å². The Hall–Kier alpha value is -1.36. The van der Waals surface area contributed by atoms with Gasteiger partial charge in [-0.1, -0.05) is 77.7 Å². The molecule has 0 bridgehead atoms. The van der Waals surface area contributed by atoms with E-state index in [1.807, 2.05) is 0 Å². The molecule has 0 aliphatic heterocycles. The normalized spacial score (nSPS) is 29.0. The SMILES string of the molecule is C=CC(=O)OCCCCCCCCOC1CCC(C(=O)OC2CCC(C3CCC(CCCCC)CC3)CC2)CC1. The van der Waals surface area contributed by atoms with Gasteiger partial charge in [0.1, 0.15) is 6.10 Å². The number of carbonyl (C=O) groups is 2. The molecule has 230 valence electrons. The van der Waals surface area contributed by atoms with Crippen LogP contribution in [0.3, 0.4) is 0 Å². The highest BCUT2D eigenvalue weighted by Crippen LogP contribution is 2.42. The predicted molar refractivity (Wildman–Crippen MR) is 162 cm³/mol.